The molecule has 7 heteroatoms. The highest BCUT2D eigenvalue weighted by Gasteiger charge is 2.22. The molecular formula is C20H23BrClN3OS. The third kappa shape index (κ3) is 5.08. The molecule has 0 aliphatic heterocycles. The van der Waals surface area contributed by atoms with Gasteiger partial charge in [0.1, 0.15) is 0 Å². The van der Waals surface area contributed by atoms with E-state index in [0.717, 1.165) is 31.9 Å². The smallest absolute Gasteiger partial charge is 0.260 e. The van der Waals surface area contributed by atoms with Gasteiger partial charge in [0.05, 0.1) is 10.2 Å². The largest absolute Gasteiger partial charge is 0.308 e. The number of amides is 1. The Bertz CT molecular complexity index is 940. The molecule has 0 aliphatic rings. The summed E-state index contributed by atoms with van der Waals surface area (Å²) in [7, 11) is 4.02. The lowest BCUT2D eigenvalue weighted by molar-refractivity contribution is 0.0985. The van der Waals surface area contributed by atoms with Crippen LogP contribution in [0.2, 0.25) is 0 Å². The van der Waals surface area contributed by atoms with Crippen LogP contribution >= 0.6 is 39.7 Å². The fraction of sp³-hybridized carbons (Fsp3) is 0.300. The zero-order valence-corrected chi connectivity index (χ0v) is 19.0. The van der Waals surface area contributed by atoms with Crippen molar-refractivity contribution >= 4 is 60.9 Å². The fourth-order valence-electron chi connectivity index (χ4n) is 2.81. The number of carbonyl (C=O) groups is 1. The molecule has 0 saturated carbocycles. The van der Waals surface area contributed by atoms with Crippen molar-refractivity contribution in [3.8, 4) is 0 Å². The second-order valence-corrected chi connectivity index (χ2v) is 8.62. The Balaban J connectivity index is 0.00000261. The van der Waals surface area contributed by atoms with Crippen LogP contribution in [0.25, 0.3) is 10.2 Å². The summed E-state index contributed by atoms with van der Waals surface area (Å²) in [6, 6.07) is 11.7. The molecule has 0 radical (unpaired) electrons. The van der Waals surface area contributed by atoms with Gasteiger partial charge in [0.2, 0.25) is 0 Å². The Hall–Kier alpha value is -1.47. The van der Waals surface area contributed by atoms with Gasteiger partial charge < -0.3 is 4.90 Å². The van der Waals surface area contributed by atoms with E-state index in [-0.39, 0.29) is 18.3 Å². The van der Waals surface area contributed by atoms with Crippen LogP contribution in [-0.2, 0) is 0 Å². The number of nitrogens with zero attached hydrogens (tertiary/aromatic N) is 3. The van der Waals surface area contributed by atoms with Crippen molar-refractivity contribution in [1.82, 2.24) is 9.88 Å². The number of aryl methyl sites for hydroxylation is 2. The summed E-state index contributed by atoms with van der Waals surface area (Å²) < 4.78 is 2.08. The van der Waals surface area contributed by atoms with Crippen molar-refractivity contribution in [2.75, 3.05) is 32.1 Å². The van der Waals surface area contributed by atoms with Crippen molar-refractivity contribution in [3.63, 3.8) is 0 Å². The Morgan fingerprint density at radius 3 is 2.41 bits per heavy atom. The van der Waals surface area contributed by atoms with Gasteiger partial charge in [-0.15, -0.1) is 12.4 Å². The van der Waals surface area contributed by atoms with E-state index in [9.17, 15) is 4.79 Å². The monoisotopic (exact) mass is 467 g/mol. The van der Waals surface area contributed by atoms with E-state index in [1.807, 2.05) is 38.4 Å². The summed E-state index contributed by atoms with van der Waals surface area (Å²) in [6.07, 6.45) is 0. The van der Waals surface area contributed by atoms with E-state index < -0.39 is 0 Å². The number of carbonyl (C=O) groups excluding carboxylic acids is 1. The molecule has 27 heavy (non-hydrogen) atoms. The topological polar surface area (TPSA) is 36.4 Å². The quantitative estimate of drug-likeness (QED) is 0.509. The van der Waals surface area contributed by atoms with Gasteiger partial charge in [-0.25, -0.2) is 4.98 Å². The van der Waals surface area contributed by atoms with E-state index in [1.165, 1.54) is 5.56 Å². The molecule has 0 bridgehead atoms. The average molecular weight is 469 g/mol. The van der Waals surface area contributed by atoms with Gasteiger partial charge in [-0.2, -0.15) is 0 Å². The van der Waals surface area contributed by atoms with E-state index in [2.05, 4.69) is 46.8 Å². The molecule has 0 atom stereocenters. The maximum Gasteiger partial charge on any atom is 0.260 e. The van der Waals surface area contributed by atoms with Gasteiger partial charge in [-0.1, -0.05) is 33.3 Å². The molecule has 3 rings (SSSR count). The first-order chi connectivity index (χ1) is 12.3. The Morgan fingerprint density at radius 1 is 1.11 bits per heavy atom. The molecule has 3 aromatic rings. The van der Waals surface area contributed by atoms with Crippen molar-refractivity contribution in [2.24, 2.45) is 0 Å². The molecule has 1 aromatic heterocycles. The zero-order chi connectivity index (χ0) is 18.8. The molecule has 1 heterocycles. The number of hydrogen-bond donors (Lipinski definition) is 0. The number of likely N-dealkylation sites (N-methyl/N-ethyl adjacent to an activating group) is 1. The number of thiazole rings is 1. The zero-order valence-electron chi connectivity index (χ0n) is 15.8. The Morgan fingerprint density at radius 2 is 1.78 bits per heavy atom. The first-order valence-corrected chi connectivity index (χ1v) is 10.1. The van der Waals surface area contributed by atoms with E-state index in [1.54, 1.807) is 16.2 Å². The second kappa shape index (κ2) is 9.15. The second-order valence-electron chi connectivity index (χ2n) is 6.69. The van der Waals surface area contributed by atoms with Crippen LogP contribution in [0.3, 0.4) is 0 Å². The molecule has 0 unspecified atom stereocenters. The Labute approximate surface area is 178 Å². The third-order valence-electron chi connectivity index (χ3n) is 4.16. The molecule has 0 spiro atoms. The summed E-state index contributed by atoms with van der Waals surface area (Å²) >= 11 is 5.00. The molecule has 0 fully saturated rings. The van der Waals surface area contributed by atoms with Crippen LogP contribution in [0.5, 0.6) is 0 Å². The number of aromatic nitrogens is 1. The van der Waals surface area contributed by atoms with Crippen molar-refractivity contribution in [3.05, 3.63) is 57.6 Å². The minimum Gasteiger partial charge on any atom is -0.308 e. The van der Waals surface area contributed by atoms with Crippen LogP contribution in [0.1, 0.15) is 21.5 Å². The molecule has 0 saturated heterocycles. The Kier molecular flexibility index (Phi) is 7.40. The standard InChI is InChI=1S/C20H22BrN3OS.ClH/c1-13-11-14(2)18-17(12-13)26-20(22-18)24(10-9-23(3)4)19(25)15-5-7-16(21)8-6-15;/h5-8,11-12H,9-10H2,1-4H3;1H. The molecule has 0 N–H and O–H groups in total. The molecular weight excluding hydrogens is 446 g/mol. The lowest BCUT2D eigenvalue weighted by atomic mass is 10.1. The van der Waals surface area contributed by atoms with Gasteiger partial charge in [0.15, 0.2) is 5.13 Å². The van der Waals surface area contributed by atoms with Crippen LogP contribution in [0, 0.1) is 13.8 Å². The molecule has 4 nitrogen and oxygen atoms in total. The summed E-state index contributed by atoms with van der Waals surface area (Å²) in [5.41, 5.74) is 4.00. The minimum absolute atomic E-state index is 0. The van der Waals surface area contributed by atoms with E-state index >= 15 is 0 Å². The highest BCUT2D eigenvalue weighted by molar-refractivity contribution is 9.10. The van der Waals surface area contributed by atoms with Crippen molar-refractivity contribution < 1.29 is 4.79 Å². The fourth-order valence-corrected chi connectivity index (χ4v) is 4.24. The number of rotatable bonds is 5. The van der Waals surface area contributed by atoms with Crippen LogP contribution < -0.4 is 4.90 Å². The number of halogens is 2. The van der Waals surface area contributed by atoms with Crippen LogP contribution in [0.4, 0.5) is 5.13 Å². The number of anilines is 1. The highest BCUT2D eigenvalue weighted by Crippen LogP contribution is 2.32. The van der Waals surface area contributed by atoms with Gasteiger partial charge in [-0.3, -0.25) is 9.69 Å². The predicted molar refractivity (Wildman–Crippen MR) is 121 cm³/mol. The first-order valence-electron chi connectivity index (χ1n) is 8.45. The lowest BCUT2D eigenvalue weighted by Gasteiger charge is -2.22. The van der Waals surface area contributed by atoms with Gasteiger partial charge in [0.25, 0.3) is 5.91 Å². The molecule has 1 amide bonds. The first kappa shape index (κ1) is 21.8. The predicted octanol–water partition coefficient (Wildman–Crippen LogP) is 5.31. The average Bonchev–Trinajstić information content (AvgIpc) is 2.99. The summed E-state index contributed by atoms with van der Waals surface area (Å²) in [5, 5.41) is 0.753. The lowest BCUT2D eigenvalue weighted by Crippen LogP contribution is -2.36. The molecule has 0 aliphatic carbocycles. The summed E-state index contributed by atoms with van der Waals surface area (Å²) in [4.78, 5) is 21.8. The molecule has 2 aromatic carbocycles. The SMILES string of the molecule is Cc1cc(C)c2nc(N(CCN(C)C)C(=O)c3ccc(Br)cc3)sc2c1.Cl. The van der Waals surface area contributed by atoms with E-state index in [4.69, 9.17) is 4.98 Å². The van der Waals surface area contributed by atoms with Gasteiger partial charge >= 0.3 is 0 Å². The molecule has 144 valence electrons. The number of benzene rings is 2. The van der Waals surface area contributed by atoms with Crippen LogP contribution in [-0.4, -0.2) is 43.0 Å². The third-order valence-corrected chi connectivity index (χ3v) is 5.71. The van der Waals surface area contributed by atoms with Gasteiger partial charge in [-0.05, 0) is 69.4 Å². The normalized spacial score (nSPS) is 10.9. The highest BCUT2D eigenvalue weighted by atomic mass is 79.9. The minimum atomic E-state index is -0.0206. The number of fused-ring (bicyclic) bond motifs is 1. The van der Waals surface area contributed by atoms with Gasteiger partial charge in [0, 0.05) is 23.1 Å². The van der Waals surface area contributed by atoms with Crippen molar-refractivity contribution in [1.29, 1.82) is 0 Å². The summed E-state index contributed by atoms with van der Waals surface area (Å²) in [6.45, 7) is 5.53. The maximum absolute atomic E-state index is 13.2. The summed E-state index contributed by atoms with van der Waals surface area (Å²) in [5.74, 6) is -0.0206. The van der Waals surface area contributed by atoms with Crippen LogP contribution in [0.15, 0.2) is 40.9 Å². The van der Waals surface area contributed by atoms with E-state index in [0.29, 0.717) is 12.1 Å². The number of hydrogen-bond acceptors (Lipinski definition) is 4. The maximum atomic E-state index is 13.2. The van der Waals surface area contributed by atoms with Crippen molar-refractivity contribution in [2.45, 2.75) is 13.8 Å².